The maximum Gasteiger partial charge on any atom is 0.201 e. The van der Waals surface area contributed by atoms with Crippen molar-refractivity contribution in [3.63, 3.8) is 0 Å². The summed E-state index contributed by atoms with van der Waals surface area (Å²) in [7, 11) is 2.17. The number of halogens is 1. The maximum atomic E-state index is 12.9. The fourth-order valence-electron chi connectivity index (χ4n) is 4.90. The molecule has 39 heavy (non-hydrogen) atoms. The van der Waals surface area contributed by atoms with Crippen molar-refractivity contribution in [3.8, 4) is 0 Å². The van der Waals surface area contributed by atoms with Crippen molar-refractivity contribution in [2.75, 3.05) is 19.3 Å². The van der Waals surface area contributed by atoms with Crippen LogP contribution < -0.4 is 11.1 Å². The Kier molecular flexibility index (Phi) is 9.92. The summed E-state index contributed by atoms with van der Waals surface area (Å²) in [5.74, 6) is 1.03. The molecule has 1 saturated carbocycles. The SMILES string of the molecule is C=C(NCc1ccccc1)C1CCCN1C.C=CCn1c(N)nc2ccccc21.Fc1ccccc1C1CC1. The highest BCUT2D eigenvalue weighted by molar-refractivity contribution is 5.78. The Morgan fingerprint density at radius 2 is 1.72 bits per heavy atom. The largest absolute Gasteiger partial charge is 0.383 e. The van der Waals surface area contributed by atoms with E-state index >= 15 is 0 Å². The number of nitrogens with zero attached hydrogens (tertiary/aromatic N) is 3. The Morgan fingerprint density at radius 1 is 1.03 bits per heavy atom. The molecule has 1 aliphatic heterocycles. The number of imidazole rings is 1. The van der Waals surface area contributed by atoms with Gasteiger partial charge in [0.2, 0.25) is 5.95 Å². The Bertz CT molecular complexity index is 1360. The molecule has 0 spiro atoms. The second-order valence-electron chi connectivity index (χ2n) is 10.2. The third kappa shape index (κ3) is 7.80. The van der Waals surface area contributed by atoms with Gasteiger partial charge in [-0.05, 0) is 74.5 Å². The molecule has 4 aromatic rings. The van der Waals surface area contributed by atoms with Gasteiger partial charge in [0.1, 0.15) is 5.82 Å². The number of nitrogens with one attached hydrogen (secondary N) is 1. The Balaban J connectivity index is 0.000000139. The third-order valence-corrected chi connectivity index (χ3v) is 7.20. The molecule has 1 atom stereocenters. The lowest BCUT2D eigenvalue weighted by Crippen LogP contribution is -2.32. The molecule has 2 heterocycles. The lowest BCUT2D eigenvalue weighted by atomic mass is 10.1. The van der Waals surface area contributed by atoms with Crippen LogP contribution in [-0.2, 0) is 13.1 Å². The highest BCUT2D eigenvalue weighted by atomic mass is 19.1. The van der Waals surface area contributed by atoms with E-state index in [2.05, 4.69) is 59.7 Å². The molecule has 0 radical (unpaired) electrons. The van der Waals surface area contributed by atoms with Gasteiger partial charge in [-0.3, -0.25) is 4.90 Å². The molecule has 3 N–H and O–H groups in total. The average molecular weight is 526 g/mol. The summed E-state index contributed by atoms with van der Waals surface area (Å²) in [6.07, 6.45) is 6.66. The zero-order chi connectivity index (χ0) is 27.6. The zero-order valence-corrected chi connectivity index (χ0v) is 22.9. The summed E-state index contributed by atoms with van der Waals surface area (Å²) in [4.78, 5) is 6.60. The fraction of sp³-hybridized carbons (Fsp3) is 0.303. The maximum absolute atomic E-state index is 12.9. The number of likely N-dealkylation sites (N-methyl/N-ethyl adjacent to an activating group) is 1. The van der Waals surface area contributed by atoms with E-state index < -0.39 is 0 Å². The van der Waals surface area contributed by atoms with Crippen LogP contribution in [0, 0.1) is 5.82 Å². The van der Waals surface area contributed by atoms with E-state index in [4.69, 9.17) is 5.73 Å². The molecular weight excluding hydrogens is 485 g/mol. The number of aromatic nitrogens is 2. The molecule has 1 aliphatic carbocycles. The summed E-state index contributed by atoms with van der Waals surface area (Å²) < 4.78 is 14.8. The second-order valence-corrected chi connectivity index (χ2v) is 10.2. The molecule has 204 valence electrons. The first kappa shape index (κ1) is 28.1. The number of para-hydroxylation sites is 2. The molecule has 3 aromatic carbocycles. The van der Waals surface area contributed by atoms with Gasteiger partial charge < -0.3 is 15.6 Å². The number of nitrogens with two attached hydrogens (primary N) is 1. The molecule has 1 aromatic heterocycles. The van der Waals surface area contributed by atoms with Crippen LogP contribution >= 0.6 is 0 Å². The molecule has 0 amide bonds. The zero-order valence-electron chi connectivity index (χ0n) is 22.9. The first-order chi connectivity index (χ1) is 19.0. The molecule has 2 fully saturated rings. The number of likely N-dealkylation sites (tertiary alicyclic amines) is 1. The molecule has 1 saturated heterocycles. The van der Waals surface area contributed by atoms with Crippen molar-refractivity contribution in [1.29, 1.82) is 0 Å². The number of allylic oxidation sites excluding steroid dienone is 1. The first-order valence-corrected chi connectivity index (χ1v) is 13.7. The summed E-state index contributed by atoms with van der Waals surface area (Å²) in [6.45, 7) is 10.6. The molecule has 2 aliphatic rings. The number of fused-ring (bicyclic) bond motifs is 1. The minimum absolute atomic E-state index is 0.0370. The summed E-state index contributed by atoms with van der Waals surface area (Å²) in [5, 5.41) is 3.44. The van der Waals surface area contributed by atoms with Crippen molar-refractivity contribution in [2.24, 2.45) is 0 Å². The van der Waals surface area contributed by atoms with Gasteiger partial charge in [-0.1, -0.05) is 73.3 Å². The van der Waals surface area contributed by atoms with Crippen LogP contribution in [0.3, 0.4) is 0 Å². The van der Waals surface area contributed by atoms with Crippen molar-refractivity contribution in [3.05, 3.63) is 121 Å². The number of benzene rings is 3. The third-order valence-electron chi connectivity index (χ3n) is 7.20. The highest BCUT2D eigenvalue weighted by Crippen LogP contribution is 2.40. The average Bonchev–Trinajstić information content (AvgIpc) is 3.63. The standard InChI is InChI=1S/C14H20N2.C10H11N3.C9H9F/c1-12(14-9-6-10-16(14)2)15-11-13-7-4-3-5-8-13;1-2-7-13-9-6-4-3-5-8(9)12-10(13)11;10-9-4-2-1-3-8(9)7-5-6-7/h3-5,7-8,14-15H,1,6,9-11H2,2H3;2-6H,1,7H2,(H2,11,12);1-4,7H,5-6H2. The molecule has 6 rings (SSSR count). The second kappa shape index (κ2) is 13.8. The molecule has 5 nitrogen and oxygen atoms in total. The minimum Gasteiger partial charge on any atom is -0.383 e. The lowest BCUT2D eigenvalue weighted by molar-refractivity contribution is 0.334. The van der Waals surface area contributed by atoms with E-state index in [1.54, 1.807) is 6.07 Å². The van der Waals surface area contributed by atoms with E-state index in [1.165, 1.54) is 43.9 Å². The number of rotatable bonds is 7. The van der Waals surface area contributed by atoms with Gasteiger partial charge in [0, 0.05) is 24.8 Å². The van der Waals surface area contributed by atoms with Crippen molar-refractivity contribution >= 4 is 17.0 Å². The predicted octanol–water partition coefficient (Wildman–Crippen LogP) is 6.89. The van der Waals surface area contributed by atoms with Crippen molar-refractivity contribution in [1.82, 2.24) is 19.8 Å². The van der Waals surface area contributed by atoms with Gasteiger partial charge in [0.25, 0.3) is 0 Å². The van der Waals surface area contributed by atoms with Gasteiger partial charge in [-0.25, -0.2) is 9.37 Å². The van der Waals surface area contributed by atoms with Crippen molar-refractivity contribution in [2.45, 2.75) is 50.7 Å². The van der Waals surface area contributed by atoms with Crippen LogP contribution in [0.2, 0.25) is 0 Å². The van der Waals surface area contributed by atoms with E-state index in [1.807, 2.05) is 53.1 Å². The molecular formula is C33H40FN5. The summed E-state index contributed by atoms with van der Waals surface area (Å²) >= 11 is 0. The lowest BCUT2D eigenvalue weighted by Gasteiger charge is -2.22. The normalized spacial score (nSPS) is 16.5. The topological polar surface area (TPSA) is 59.1 Å². The number of hydrogen-bond donors (Lipinski definition) is 2. The Morgan fingerprint density at radius 3 is 2.38 bits per heavy atom. The van der Waals surface area contributed by atoms with E-state index in [0.717, 1.165) is 28.8 Å². The van der Waals surface area contributed by atoms with E-state index in [9.17, 15) is 4.39 Å². The molecule has 6 heteroatoms. The Hall–Kier alpha value is -3.90. The van der Waals surface area contributed by atoms with Gasteiger partial charge in [-0.2, -0.15) is 0 Å². The summed E-state index contributed by atoms with van der Waals surface area (Å²) in [5.41, 5.74) is 11.1. The van der Waals surface area contributed by atoms with Gasteiger partial charge in [0.05, 0.1) is 11.0 Å². The number of anilines is 1. The van der Waals surface area contributed by atoms with Crippen LogP contribution in [0.1, 0.15) is 42.7 Å². The van der Waals surface area contributed by atoms with Gasteiger partial charge >= 0.3 is 0 Å². The monoisotopic (exact) mass is 525 g/mol. The van der Waals surface area contributed by atoms with E-state index in [0.29, 0.717) is 24.5 Å². The smallest absolute Gasteiger partial charge is 0.201 e. The fourth-order valence-corrected chi connectivity index (χ4v) is 4.90. The molecule has 0 bridgehead atoms. The van der Waals surface area contributed by atoms with Crippen molar-refractivity contribution < 1.29 is 4.39 Å². The van der Waals surface area contributed by atoms with Gasteiger partial charge in [0.15, 0.2) is 0 Å². The van der Waals surface area contributed by atoms with Crippen LogP contribution in [0.15, 0.2) is 104 Å². The van der Waals surface area contributed by atoms with Crippen LogP contribution in [0.25, 0.3) is 11.0 Å². The minimum atomic E-state index is -0.0370. The van der Waals surface area contributed by atoms with Crippen LogP contribution in [-0.4, -0.2) is 34.1 Å². The summed E-state index contributed by atoms with van der Waals surface area (Å²) in [6, 6.07) is 25.9. The van der Waals surface area contributed by atoms with Crippen LogP contribution in [0.5, 0.6) is 0 Å². The van der Waals surface area contributed by atoms with E-state index in [-0.39, 0.29) is 5.82 Å². The Labute approximate surface area is 231 Å². The first-order valence-electron chi connectivity index (χ1n) is 13.7. The number of nitrogen functional groups attached to an aromatic ring is 1. The molecule has 1 unspecified atom stereocenters. The predicted molar refractivity (Wildman–Crippen MR) is 161 cm³/mol. The van der Waals surface area contributed by atoms with Crippen LogP contribution in [0.4, 0.5) is 10.3 Å². The number of hydrogen-bond acceptors (Lipinski definition) is 4. The quantitative estimate of drug-likeness (QED) is 0.258. The highest BCUT2D eigenvalue weighted by Gasteiger charge is 2.25. The van der Waals surface area contributed by atoms with Gasteiger partial charge in [-0.15, -0.1) is 6.58 Å².